The smallest absolute Gasteiger partial charge is 0.331 e. The largest absolute Gasteiger partial charge is 0.378 e. The minimum atomic E-state index is -0.389. The normalized spacial score (nSPS) is 26.1. The van der Waals surface area contributed by atoms with Crippen LogP contribution in [0.3, 0.4) is 0 Å². The first kappa shape index (κ1) is 13.7. The minimum Gasteiger partial charge on any atom is -0.378 e. The molecular formula is C13H12Cl2N2O3. The van der Waals surface area contributed by atoms with E-state index in [1.807, 2.05) is 0 Å². The molecule has 2 aliphatic heterocycles. The number of rotatable bonds is 1. The summed E-state index contributed by atoms with van der Waals surface area (Å²) in [6.45, 7) is 0.717. The van der Waals surface area contributed by atoms with Crippen molar-refractivity contribution in [1.29, 1.82) is 0 Å². The van der Waals surface area contributed by atoms with Gasteiger partial charge >= 0.3 is 6.03 Å². The Morgan fingerprint density at radius 3 is 2.45 bits per heavy atom. The molecule has 1 aromatic rings. The first-order valence-electron chi connectivity index (χ1n) is 6.13. The molecule has 3 amide bonds. The Morgan fingerprint density at radius 2 is 1.80 bits per heavy atom. The molecule has 0 spiro atoms. The van der Waals surface area contributed by atoms with Gasteiger partial charge in [-0.25, -0.2) is 9.69 Å². The van der Waals surface area contributed by atoms with Crippen LogP contribution in [0.15, 0.2) is 18.2 Å². The van der Waals surface area contributed by atoms with Gasteiger partial charge < -0.3 is 9.64 Å². The summed E-state index contributed by atoms with van der Waals surface area (Å²) in [5.41, 5.74) is 0.384. The molecule has 7 heteroatoms. The Morgan fingerprint density at radius 1 is 1.15 bits per heavy atom. The quantitative estimate of drug-likeness (QED) is 0.800. The number of urea groups is 1. The maximum atomic E-state index is 12.5. The number of anilines is 1. The molecule has 106 valence electrons. The van der Waals surface area contributed by atoms with Gasteiger partial charge in [0.1, 0.15) is 0 Å². The lowest BCUT2D eigenvalue weighted by molar-refractivity contribution is -0.124. The van der Waals surface area contributed by atoms with Crippen molar-refractivity contribution >= 4 is 40.8 Å². The summed E-state index contributed by atoms with van der Waals surface area (Å²) in [5.74, 6) is -0.607. The summed E-state index contributed by atoms with van der Waals surface area (Å²) in [6.07, 6.45) is 0. The highest BCUT2D eigenvalue weighted by molar-refractivity contribution is 6.35. The van der Waals surface area contributed by atoms with E-state index in [9.17, 15) is 9.59 Å². The first-order valence-corrected chi connectivity index (χ1v) is 6.89. The number of hydrogen-bond acceptors (Lipinski definition) is 3. The minimum absolute atomic E-state index is 0.194. The van der Waals surface area contributed by atoms with E-state index >= 15 is 0 Å². The average Bonchev–Trinajstić information content (AvgIpc) is 2.85. The molecule has 3 rings (SSSR count). The van der Waals surface area contributed by atoms with Gasteiger partial charge in [-0.15, -0.1) is 0 Å². The van der Waals surface area contributed by atoms with Crippen molar-refractivity contribution < 1.29 is 14.3 Å². The van der Waals surface area contributed by atoms with E-state index in [1.54, 1.807) is 25.2 Å². The zero-order valence-electron chi connectivity index (χ0n) is 10.7. The monoisotopic (exact) mass is 314 g/mol. The number of amides is 3. The van der Waals surface area contributed by atoms with E-state index in [0.717, 1.165) is 4.90 Å². The summed E-state index contributed by atoms with van der Waals surface area (Å²) in [6, 6.07) is 4.07. The highest BCUT2D eigenvalue weighted by Gasteiger charge is 2.48. The van der Waals surface area contributed by atoms with Gasteiger partial charge in [0.05, 0.1) is 30.9 Å². The number of nitrogens with zero attached hydrogens (tertiary/aromatic N) is 2. The van der Waals surface area contributed by atoms with Crippen molar-refractivity contribution in [1.82, 2.24) is 4.90 Å². The van der Waals surface area contributed by atoms with Gasteiger partial charge in [-0.1, -0.05) is 23.2 Å². The van der Waals surface area contributed by atoms with Crippen LogP contribution in [0.4, 0.5) is 10.5 Å². The second-order valence-electron chi connectivity index (χ2n) is 4.91. The summed E-state index contributed by atoms with van der Waals surface area (Å²) in [4.78, 5) is 27.5. The van der Waals surface area contributed by atoms with Crippen LogP contribution in [-0.2, 0) is 9.53 Å². The van der Waals surface area contributed by atoms with Gasteiger partial charge in [0, 0.05) is 17.1 Å². The number of likely N-dealkylation sites (N-methyl/N-ethyl adjacent to an activating group) is 1. The van der Waals surface area contributed by atoms with Crippen molar-refractivity contribution in [2.24, 2.45) is 5.92 Å². The van der Waals surface area contributed by atoms with Gasteiger partial charge in [0.25, 0.3) is 0 Å². The summed E-state index contributed by atoms with van der Waals surface area (Å²) >= 11 is 11.9. The molecule has 20 heavy (non-hydrogen) atoms. The van der Waals surface area contributed by atoms with E-state index < -0.39 is 0 Å². The molecule has 5 nitrogen and oxygen atoms in total. The van der Waals surface area contributed by atoms with E-state index in [-0.39, 0.29) is 23.9 Å². The molecule has 2 atom stereocenters. The van der Waals surface area contributed by atoms with E-state index in [0.29, 0.717) is 28.9 Å². The van der Waals surface area contributed by atoms with Crippen LogP contribution in [0, 0.1) is 5.92 Å². The van der Waals surface area contributed by atoms with Gasteiger partial charge in [-0.05, 0) is 18.2 Å². The second kappa shape index (κ2) is 4.91. The number of hydrogen-bond donors (Lipinski definition) is 0. The Labute approximate surface area is 126 Å². The fourth-order valence-electron chi connectivity index (χ4n) is 2.63. The van der Waals surface area contributed by atoms with Crippen LogP contribution < -0.4 is 4.90 Å². The van der Waals surface area contributed by atoms with Crippen LogP contribution in [0.2, 0.25) is 10.0 Å². The predicted octanol–water partition coefficient (Wildman–Crippen LogP) is 2.41. The number of halogens is 2. The first-order chi connectivity index (χ1) is 9.49. The Kier molecular flexibility index (Phi) is 3.36. The van der Waals surface area contributed by atoms with Crippen LogP contribution >= 0.6 is 23.2 Å². The third kappa shape index (κ3) is 2.06. The number of carbonyl (C=O) groups excluding carboxylic acids is 2. The maximum absolute atomic E-state index is 12.5. The van der Waals surface area contributed by atoms with E-state index in [2.05, 4.69) is 0 Å². The maximum Gasteiger partial charge on any atom is 0.331 e. The third-order valence-corrected chi connectivity index (χ3v) is 4.12. The lowest BCUT2D eigenvalue weighted by atomic mass is 9.98. The third-order valence-electron chi connectivity index (χ3n) is 3.68. The Balaban J connectivity index is 2.03. The lowest BCUT2D eigenvalue weighted by Gasteiger charge is -2.38. The zero-order valence-corrected chi connectivity index (χ0v) is 12.2. The van der Waals surface area contributed by atoms with Gasteiger partial charge in [-0.3, -0.25) is 4.79 Å². The Bertz CT molecular complexity index is 573. The van der Waals surface area contributed by atoms with Crippen molar-refractivity contribution in [3.8, 4) is 0 Å². The van der Waals surface area contributed by atoms with E-state index in [4.69, 9.17) is 27.9 Å². The number of imide groups is 1. The fraction of sp³-hybridized carbons (Fsp3) is 0.385. The van der Waals surface area contributed by atoms with Crippen LogP contribution in [-0.4, -0.2) is 43.1 Å². The molecule has 0 aromatic heterocycles. The van der Waals surface area contributed by atoms with Crippen LogP contribution in [0.5, 0.6) is 0 Å². The molecule has 2 fully saturated rings. The summed E-state index contributed by atoms with van der Waals surface area (Å²) < 4.78 is 5.32. The predicted molar refractivity (Wildman–Crippen MR) is 75.2 cm³/mol. The molecule has 2 heterocycles. The standard InChI is InChI=1S/C13H12Cl2N2O3/c1-16-11-6-20-5-10(11)12(18)17(13(16)19)9-3-7(14)2-8(15)4-9/h2-4,10-11H,5-6H2,1H3. The summed E-state index contributed by atoms with van der Waals surface area (Å²) in [7, 11) is 1.67. The summed E-state index contributed by atoms with van der Waals surface area (Å²) in [5, 5.41) is 0.751. The van der Waals surface area contributed by atoms with Crippen molar-refractivity contribution in [3.05, 3.63) is 28.2 Å². The fourth-order valence-corrected chi connectivity index (χ4v) is 3.14. The number of ether oxygens (including phenoxy) is 1. The molecule has 2 aliphatic rings. The second-order valence-corrected chi connectivity index (χ2v) is 5.78. The molecule has 2 unspecified atom stereocenters. The molecule has 0 N–H and O–H groups in total. The molecule has 0 saturated carbocycles. The average molecular weight is 315 g/mol. The molecule has 0 radical (unpaired) electrons. The molecular weight excluding hydrogens is 303 g/mol. The van der Waals surface area contributed by atoms with Gasteiger partial charge in [0.15, 0.2) is 0 Å². The molecule has 0 aliphatic carbocycles. The molecule has 1 aromatic carbocycles. The molecule has 0 bridgehead atoms. The SMILES string of the molecule is CN1C(=O)N(c2cc(Cl)cc(Cl)c2)C(=O)C2COCC21. The number of benzene rings is 1. The van der Waals surface area contributed by atoms with Crippen molar-refractivity contribution in [3.63, 3.8) is 0 Å². The highest BCUT2D eigenvalue weighted by atomic mass is 35.5. The molecule has 2 saturated heterocycles. The van der Waals surface area contributed by atoms with Crippen molar-refractivity contribution in [2.75, 3.05) is 25.2 Å². The van der Waals surface area contributed by atoms with Gasteiger partial charge in [0.2, 0.25) is 5.91 Å². The van der Waals surface area contributed by atoms with E-state index in [1.165, 1.54) is 4.90 Å². The topological polar surface area (TPSA) is 49.9 Å². The highest BCUT2D eigenvalue weighted by Crippen LogP contribution is 2.33. The number of carbonyl (C=O) groups is 2. The Hall–Kier alpha value is -1.30. The van der Waals surface area contributed by atoms with Crippen LogP contribution in [0.25, 0.3) is 0 Å². The van der Waals surface area contributed by atoms with Crippen LogP contribution in [0.1, 0.15) is 0 Å². The number of fused-ring (bicyclic) bond motifs is 1. The van der Waals surface area contributed by atoms with Crippen molar-refractivity contribution in [2.45, 2.75) is 6.04 Å². The zero-order chi connectivity index (χ0) is 14.4. The lowest BCUT2D eigenvalue weighted by Crippen LogP contribution is -2.60. The van der Waals surface area contributed by atoms with Gasteiger partial charge in [-0.2, -0.15) is 0 Å².